The third-order valence-corrected chi connectivity index (χ3v) is 4.01. The molecule has 5 nitrogen and oxygen atoms in total. The van der Waals surface area contributed by atoms with Crippen LogP contribution in [-0.2, 0) is 11.3 Å². The molecule has 27 heavy (non-hydrogen) atoms. The van der Waals surface area contributed by atoms with Crippen LogP contribution in [0.5, 0.6) is 11.5 Å². The molecule has 1 amide bonds. The number of benzene rings is 2. The van der Waals surface area contributed by atoms with Crippen molar-refractivity contribution in [1.29, 1.82) is 5.26 Å². The van der Waals surface area contributed by atoms with Crippen molar-refractivity contribution in [3.05, 3.63) is 56.8 Å². The van der Waals surface area contributed by atoms with E-state index in [-0.39, 0.29) is 29.2 Å². The van der Waals surface area contributed by atoms with Crippen molar-refractivity contribution < 1.29 is 18.7 Å². The van der Waals surface area contributed by atoms with Gasteiger partial charge in [-0.05, 0) is 61.0 Å². The topological polar surface area (TPSA) is 71.3 Å². The van der Waals surface area contributed by atoms with Gasteiger partial charge in [-0.15, -0.1) is 0 Å². The predicted octanol–water partition coefficient (Wildman–Crippen LogP) is 5.93. The highest BCUT2D eigenvalue weighted by Crippen LogP contribution is 2.35. The molecule has 0 aromatic heterocycles. The van der Waals surface area contributed by atoms with Crippen molar-refractivity contribution in [1.82, 2.24) is 5.32 Å². The fourth-order valence-electron chi connectivity index (χ4n) is 2.09. The summed E-state index contributed by atoms with van der Waals surface area (Å²) >= 11 is 9.18. The summed E-state index contributed by atoms with van der Waals surface area (Å²) in [6.07, 6.45) is -0.652. The monoisotopic (exact) mass is 454 g/mol. The van der Waals surface area contributed by atoms with Crippen LogP contribution in [0.1, 0.15) is 31.9 Å². The van der Waals surface area contributed by atoms with E-state index in [1.807, 2.05) is 6.07 Å². The number of amides is 1. The number of carbonyl (C=O) groups excluding carboxylic acids is 1. The number of rotatable bonds is 4. The molecule has 2 rings (SSSR count). The van der Waals surface area contributed by atoms with Crippen molar-refractivity contribution in [3.63, 3.8) is 0 Å². The van der Waals surface area contributed by atoms with Crippen LogP contribution in [0.2, 0.25) is 5.02 Å². The summed E-state index contributed by atoms with van der Waals surface area (Å²) in [6, 6.07) is 9.46. The van der Waals surface area contributed by atoms with Crippen LogP contribution in [0, 0.1) is 17.1 Å². The first-order valence-electron chi connectivity index (χ1n) is 7.91. The van der Waals surface area contributed by atoms with Crippen molar-refractivity contribution in [2.45, 2.75) is 32.9 Å². The molecule has 1 N–H and O–H groups in total. The van der Waals surface area contributed by atoms with E-state index in [2.05, 4.69) is 21.2 Å². The number of ether oxygens (including phenoxy) is 2. The van der Waals surface area contributed by atoms with Crippen LogP contribution in [0.4, 0.5) is 9.18 Å². The molecule has 0 bridgehead atoms. The first-order chi connectivity index (χ1) is 12.6. The van der Waals surface area contributed by atoms with Gasteiger partial charge in [0.15, 0.2) is 11.6 Å². The highest BCUT2D eigenvalue weighted by molar-refractivity contribution is 9.10. The molecule has 0 aliphatic heterocycles. The summed E-state index contributed by atoms with van der Waals surface area (Å²) in [4.78, 5) is 11.8. The van der Waals surface area contributed by atoms with E-state index in [9.17, 15) is 9.18 Å². The number of carbonyl (C=O) groups is 1. The summed E-state index contributed by atoms with van der Waals surface area (Å²) in [6.45, 7) is 5.13. The van der Waals surface area contributed by atoms with Crippen LogP contribution < -0.4 is 10.1 Å². The lowest BCUT2D eigenvalue weighted by molar-refractivity contribution is 0.0523. The molecule has 142 valence electrons. The Kier molecular flexibility index (Phi) is 6.68. The number of nitrogens with one attached hydrogen (secondary N) is 1. The molecule has 0 spiro atoms. The number of nitrogens with zero attached hydrogens (tertiary/aromatic N) is 1. The number of hydrogen-bond donors (Lipinski definition) is 1. The van der Waals surface area contributed by atoms with Gasteiger partial charge in [-0.2, -0.15) is 5.26 Å². The third kappa shape index (κ3) is 6.12. The van der Waals surface area contributed by atoms with Gasteiger partial charge in [0.25, 0.3) is 0 Å². The number of hydrogen-bond acceptors (Lipinski definition) is 4. The summed E-state index contributed by atoms with van der Waals surface area (Å²) in [5.74, 6) is -0.514. The van der Waals surface area contributed by atoms with E-state index < -0.39 is 17.5 Å². The summed E-state index contributed by atoms with van der Waals surface area (Å²) < 4.78 is 25.9. The first-order valence-corrected chi connectivity index (χ1v) is 9.08. The Morgan fingerprint density at radius 1 is 1.33 bits per heavy atom. The average Bonchev–Trinajstić information content (AvgIpc) is 2.55. The normalized spacial score (nSPS) is 10.9. The fraction of sp³-hybridized carbons (Fsp3) is 0.263. The lowest BCUT2D eigenvalue weighted by Gasteiger charge is -2.20. The van der Waals surface area contributed by atoms with E-state index in [1.54, 1.807) is 26.8 Å². The fourth-order valence-corrected chi connectivity index (χ4v) is 2.70. The quantitative estimate of drug-likeness (QED) is 0.620. The molecule has 8 heteroatoms. The SMILES string of the molecule is CC(C)(C)OC(=O)NCc1ccc(Br)c(Oc2cc(Cl)cc(C#N)c2)c1F. The Bertz CT molecular complexity index is 907. The van der Waals surface area contributed by atoms with Crippen LogP contribution in [0.3, 0.4) is 0 Å². The molecule has 2 aromatic carbocycles. The van der Waals surface area contributed by atoms with E-state index in [0.29, 0.717) is 9.50 Å². The molecule has 0 saturated heterocycles. The van der Waals surface area contributed by atoms with Crippen LogP contribution in [-0.4, -0.2) is 11.7 Å². The zero-order chi connectivity index (χ0) is 20.2. The molecular weight excluding hydrogens is 439 g/mol. The maximum atomic E-state index is 14.8. The van der Waals surface area contributed by atoms with E-state index in [1.165, 1.54) is 24.3 Å². The summed E-state index contributed by atoms with van der Waals surface area (Å²) in [5, 5.41) is 11.8. The third-order valence-electron chi connectivity index (χ3n) is 3.17. The molecule has 0 atom stereocenters. The Hall–Kier alpha value is -2.30. The van der Waals surface area contributed by atoms with E-state index in [0.717, 1.165) is 0 Å². The van der Waals surface area contributed by atoms with Crippen molar-refractivity contribution in [2.75, 3.05) is 0 Å². The van der Waals surface area contributed by atoms with Gasteiger partial charge >= 0.3 is 6.09 Å². The summed E-state index contributed by atoms with van der Waals surface area (Å²) in [7, 11) is 0. The first kappa shape index (κ1) is 21.0. The molecule has 0 saturated carbocycles. The lowest BCUT2D eigenvalue weighted by atomic mass is 10.2. The van der Waals surface area contributed by atoms with Gasteiger partial charge in [-0.3, -0.25) is 0 Å². The van der Waals surface area contributed by atoms with Crippen molar-refractivity contribution in [2.24, 2.45) is 0 Å². The van der Waals surface area contributed by atoms with E-state index in [4.69, 9.17) is 26.3 Å². The Morgan fingerprint density at radius 3 is 2.67 bits per heavy atom. The van der Waals surface area contributed by atoms with Gasteiger partial charge in [0.1, 0.15) is 11.4 Å². The molecule has 0 aliphatic carbocycles. The molecule has 0 aliphatic rings. The zero-order valence-electron chi connectivity index (χ0n) is 14.9. The van der Waals surface area contributed by atoms with Crippen molar-refractivity contribution in [3.8, 4) is 17.6 Å². The maximum Gasteiger partial charge on any atom is 0.407 e. The Labute approximate surface area is 170 Å². The van der Waals surface area contributed by atoms with Crippen LogP contribution >= 0.6 is 27.5 Å². The minimum absolute atomic E-state index is 0.0790. The second kappa shape index (κ2) is 8.59. The Morgan fingerprint density at radius 2 is 2.04 bits per heavy atom. The number of nitriles is 1. The second-order valence-electron chi connectivity index (χ2n) is 6.59. The maximum absolute atomic E-state index is 14.8. The molecule has 0 fully saturated rings. The highest BCUT2D eigenvalue weighted by atomic mass is 79.9. The highest BCUT2D eigenvalue weighted by Gasteiger charge is 2.18. The van der Waals surface area contributed by atoms with E-state index >= 15 is 0 Å². The average molecular weight is 456 g/mol. The number of halogens is 3. The van der Waals surface area contributed by atoms with Gasteiger partial charge in [0.2, 0.25) is 0 Å². The van der Waals surface area contributed by atoms with Crippen molar-refractivity contribution >= 4 is 33.6 Å². The standard InChI is InChI=1S/C19H17BrClFN2O3/c1-19(2,3)27-18(25)24-10-12-4-5-15(20)17(16(12)22)26-14-7-11(9-23)6-13(21)8-14/h4-8H,10H2,1-3H3,(H,24,25). The number of alkyl carbamates (subject to hydrolysis) is 1. The molecule has 2 aromatic rings. The van der Waals surface area contributed by atoms with Gasteiger partial charge in [0.05, 0.1) is 16.1 Å². The minimum atomic E-state index is -0.654. The van der Waals surface area contributed by atoms with Gasteiger partial charge in [-0.1, -0.05) is 17.7 Å². The largest absolute Gasteiger partial charge is 0.453 e. The minimum Gasteiger partial charge on any atom is -0.453 e. The van der Waals surface area contributed by atoms with Gasteiger partial charge < -0.3 is 14.8 Å². The second-order valence-corrected chi connectivity index (χ2v) is 7.89. The molecular formula is C19H17BrClFN2O3. The smallest absolute Gasteiger partial charge is 0.407 e. The van der Waals surface area contributed by atoms with Gasteiger partial charge in [0, 0.05) is 17.1 Å². The van der Waals surface area contributed by atoms with Crippen LogP contribution in [0.25, 0.3) is 0 Å². The Balaban J connectivity index is 2.21. The lowest BCUT2D eigenvalue weighted by Crippen LogP contribution is -2.32. The van der Waals surface area contributed by atoms with Gasteiger partial charge in [-0.25, -0.2) is 9.18 Å². The zero-order valence-corrected chi connectivity index (χ0v) is 17.2. The molecule has 0 unspecified atom stereocenters. The molecule has 0 heterocycles. The molecule has 0 radical (unpaired) electrons. The summed E-state index contributed by atoms with van der Waals surface area (Å²) in [5.41, 5.74) is -0.153. The predicted molar refractivity (Wildman–Crippen MR) is 103 cm³/mol. The van der Waals surface area contributed by atoms with Crippen LogP contribution in [0.15, 0.2) is 34.8 Å².